The number of rotatable bonds is 5. The fourth-order valence-corrected chi connectivity index (χ4v) is 3.55. The van der Waals surface area contributed by atoms with E-state index in [9.17, 15) is 4.79 Å². The molecule has 6 heteroatoms. The number of nitrogens with one attached hydrogen (secondary N) is 1. The van der Waals surface area contributed by atoms with Gasteiger partial charge in [-0.2, -0.15) is 10.2 Å². The summed E-state index contributed by atoms with van der Waals surface area (Å²) >= 11 is 0. The van der Waals surface area contributed by atoms with Crippen molar-refractivity contribution in [2.45, 2.75) is 27.3 Å². The van der Waals surface area contributed by atoms with E-state index >= 15 is 0 Å². The summed E-state index contributed by atoms with van der Waals surface area (Å²) in [6, 6.07) is 21.7. The molecule has 0 aliphatic rings. The van der Waals surface area contributed by atoms with Gasteiger partial charge in [-0.1, -0.05) is 48.5 Å². The van der Waals surface area contributed by atoms with Crippen LogP contribution in [0.5, 0.6) is 0 Å². The molecule has 146 valence electrons. The van der Waals surface area contributed by atoms with Crippen molar-refractivity contribution >= 4 is 11.7 Å². The van der Waals surface area contributed by atoms with Gasteiger partial charge in [-0.15, -0.1) is 0 Å². The highest BCUT2D eigenvalue weighted by Gasteiger charge is 2.17. The molecule has 2 heterocycles. The average molecular weight is 385 g/mol. The summed E-state index contributed by atoms with van der Waals surface area (Å²) < 4.78 is 3.49. The number of hydrogen-bond acceptors (Lipinski definition) is 3. The highest BCUT2D eigenvalue weighted by atomic mass is 16.2. The van der Waals surface area contributed by atoms with Crippen molar-refractivity contribution < 1.29 is 4.79 Å². The van der Waals surface area contributed by atoms with Gasteiger partial charge >= 0.3 is 0 Å². The minimum Gasteiger partial charge on any atom is -0.309 e. The van der Waals surface area contributed by atoms with Gasteiger partial charge in [-0.3, -0.25) is 9.48 Å². The first-order chi connectivity index (χ1) is 14.0. The first-order valence-electron chi connectivity index (χ1n) is 9.54. The maximum Gasteiger partial charge on any atom is 0.247 e. The van der Waals surface area contributed by atoms with Gasteiger partial charge in [0.05, 0.1) is 17.1 Å². The highest BCUT2D eigenvalue weighted by molar-refractivity contribution is 5.90. The van der Waals surface area contributed by atoms with Crippen LogP contribution >= 0.6 is 0 Å². The molecular weight excluding hydrogens is 362 g/mol. The lowest BCUT2D eigenvalue weighted by Crippen LogP contribution is -2.22. The molecule has 0 unspecified atom stereocenters. The molecule has 0 aliphatic heterocycles. The zero-order valence-corrected chi connectivity index (χ0v) is 16.8. The van der Waals surface area contributed by atoms with Crippen LogP contribution < -0.4 is 5.32 Å². The normalized spacial score (nSPS) is 10.9. The number of nitrogens with zero attached hydrogens (tertiary/aromatic N) is 4. The topological polar surface area (TPSA) is 64.7 Å². The largest absolute Gasteiger partial charge is 0.309 e. The van der Waals surface area contributed by atoms with E-state index in [0.29, 0.717) is 5.82 Å². The molecule has 2 aromatic carbocycles. The number of carbonyl (C=O) groups excluding carboxylic acids is 1. The maximum atomic E-state index is 12.8. The van der Waals surface area contributed by atoms with Crippen molar-refractivity contribution in [2.75, 3.05) is 5.32 Å². The predicted molar refractivity (Wildman–Crippen MR) is 114 cm³/mol. The second-order valence-electron chi connectivity index (χ2n) is 7.04. The number of aromatic nitrogens is 4. The molecule has 4 rings (SSSR count). The van der Waals surface area contributed by atoms with Gasteiger partial charge in [-0.25, -0.2) is 4.68 Å². The van der Waals surface area contributed by atoms with E-state index in [1.54, 1.807) is 9.36 Å². The summed E-state index contributed by atoms with van der Waals surface area (Å²) in [4.78, 5) is 12.8. The third kappa shape index (κ3) is 3.82. The Morgan fingerprint density at radius 2 is 1.59 bits per heavy atom. The Balaban J connectivity index is 1.56. The number of para-hydroxylation sites is 1. The molecule has 29 heavy (non-hydrogen) atoms. The van der Waals surface area contributed by atoms with Crippen molar-refractivity contribution in [3.05, 3.63) is 83.8 Å². The fraction of sp³-hybridized carbons (Fsp3) is 0.174. The van der Waals surface area contributed by atoms with Crippen LogP contribution in [-0.4, -0.2) is 25.5 Å². The summed E-state index contributed by atoms with van der Waals surface area (Å²) in [6.07, 6.45) is 0. The second kappa shape index (κ2) is 7.75. The van der Waals surface area contributed by atoms with Gasteiger partial charge in [0, 0.05) is 17.3 Å². The minimum absolute atomic E-state index is 0.137. The summed E-state index contributed by atoms with van der Waals surface area (Å²) in [7, 11) is 0. The fourth-order valence-electron chi connectivity index (χ4n) is 3.55. The first-order valence-corrected chi connectivity index (χ1v) is 9.54. The SMILES string of the molecule is Cc1cc(NC(=O)Cn2nc(C)c(-c3ccccc3)c2C)n(-c2ccccc2)n1. The average Bonchev–Trinajstić information content (AvgIpc) is 3.21. The van der Waals surface area contributed by atoms with E-state index in [1.807, 2.05) is 75.4 Å². The standard InChI is InChI=1S/C23H23N5O/c1-16-14-21(28(25-16)20-12-8-5-9-13-20)24-22(29)15-27-18(3)23(17(2)26-27)19-10-6-4-7-11-19/h4-14H,15H2,1-3H3,(H,24,29). The van der Waals surface area contributed by atoms with Crippen LogP contribution in [0, 0.1) is 20.8 Å². The summed E-state index contributed by atoms with van der Waals surface area (Å²) in [5.74, 6) is 0.496. The molecule has 2 aromatic heterocycles. The highest BCUT2D eigenvalue weighted by Crippen LogP contribution is 2.26. The number of benzene rings is 2. The number of carbonyl (C=O) groups is 1. The number of anilines is 1. The van der Waals surface area contributed by atoms with Crippen LogP contribution in [0.3, 0.4) is 0 Å². The van der Waals surface area contributed by atoms with Crippen molar-refractivity contribution in [3.8, 4) is 16.8 Å². The lowest BCUT2D eigenvalue weighted by molar-refractivity contribution is -0.117. The van der Waals surface area contributed by atoms with Crippen LogP contribution in [0.15, 0.2) is 66.7 Å². The molecule has 0 atom stereocenters. The third-order valence-corrected chi connectivity index (χ3v) is 4.84. The third-order valence-electron chi connectivity index (χ3n) is 4.84. The molecule has 0 saturated heterocycles. The van der Waals surface area contributed by atoms with Crippen LogP contribution in [0.25, 0.3) is 16.8 Å². The molecule has 0 bridgehead atoms. The molecule has 4 aromatic rings. The van der Waals surface area contributed by atoms with Gasteiger partial charge in [0.2, 0.25) is 5.91 Å². The molecule has 0 radical (unpaired) electrons. The molecular formula is C23H23N5O. The lowest BCUT2D eigenvalue weighted by atomic mass is 10.0. The second-order valence-corrected chi connectivity index (χ2v) is 7.04. The monoisotopic (exact) mass is 385 g/mol. The smallest absolute Gasteiger partial charge is 0.247 e. The van der Waals surface area contributed by atoms with Crippen LogP contribution in [-0.2, 0) is 11.3 Å². The van der Waals surface area contributed by atoms with Crippen molar-refractivity contribution in [1.29, 1.82) is 0 Å². The van der Waals surface area contributed by atoms with Gasteiger partial charge in [0.15, 0.2) is 0 Å². The zero-order valence-electron chi connectivity index (χ0n) is 16.8. The molecule has 0 spiro atoms. The molecule has 1 amide bonds. The van der Waals surface area contributed by atoms with Crippen molar-refractivity contribution in [2.24, 2.45) is 0 Å². The Kier molecular flexibility index (Phi) is 4.99. The number of hydrogen-bond donors (Lipinski definition) is 1. The van der Waals surface area contributed by atoms with E-state index in [-0.39, 0.29) is 12.5 Å². The molecule has 0 aliphatic carbocycles. The molecule has 0 fully saturated rings. The van der Waals surface area contributed by atoms with E-state index in [2.05, 4.69) is 27.6 Å². The minimum atomic E-state index is -0.146. The summed E-state index contributed by atoms with van der Waals surface area (Å²) in [6.45, 7) is 6.01. The van der Waals surface area contributed by atoms with E-state index < -0.39 is 0 Å². The van der Waals surface area contributed by atoms with Gasteiger partial charge in [-0.05, 0) is 38.5 Å². The van der Waals surface area contributed by atoms with Crippen molar-refractivity contribution in [1.82, 2.24) is 19.6 Å². The van der Waals surface area contributed by atoms with E-state index in [1.165, 1.54) is 0 Å². The molecule has 6 nitrogen and oxygen atoms in total. The number of aryl methyl sites for hydroxylation is 2. The Hall–Kier alpha value is -3.67. The van der Waals surface area contributed by atoms with Crippen LogP contribution in [0.4, 0.5) is 5.82 Å². The molecule has 0 saturated carbocycles. The Morgan fingerprint density at radius 3 is 2.28 bits per heavy atom. The lowest BCUT2D eigenvalue weighted by Gasteiger charge is -2.10. The van der Waals surface area contributed by atoms with Crippen LogP contribution in [0.1, 0.15) is 17.1 Å². The van der Waals surface area contributed by atoms with Crippen LogP contribution in [0.2, 0.25) is 0 Å². The van der Waals surface area contributed by atoms with E-state index in [0.717, 1.165) is 33.9 Å². The first kappa shape index (κ1) is 18.7. The van der Waals surface area contributed by atoms with Gasteiger partial charge < -0.3 is 5.32 Å². The predicted octanol–water partition coefficient (Wildman–Crippen LogP) is 4.30. The van der Waals surface area contributed by atoms with Gasteiger partial charge in [0.25, 0.3) is 0 Å². The quantitative estimate of drug-likeness (QED) is 0.557. The van der Waals surface area contributed by atoms with E-state index in [4.69, 9.17) is 0 Å². The Labute approximate surface area is 169 Å². The summed E-state index contributed by atoms with van der Waals surface area (Å²) in [5, 5.41) is 12.1. The zero-order chi connectivity index (χ0) is 20.4. The molecule has 1 N–H and O–H groups in total. The maximum absolute atomic E-state index is 12.8. The summed E-state index contributed by atoms with van der Waals surface area (Å²) in [5.41, 5.74) is 5.79. The Bertz CT molecular complexity index is 1140. The number of amides is 1. The Morgan fingerprint density at radius 1 is 0.931 bits per heavy atom. The van der Waals surface area contributed by atoms with Gasteiger partial charge in [0.1, 0.15) is 12.4 Å². The van der Waals surface area contributed by atoms with Crippen molar-refractivity contribution in [3.63, 3.8) is 0 Å².